The van der Waals surface area contributed by atoms with E-state index in [-0.39, 0.29) is 58.6 Å². The highest BCUT2D eigenvalue weighted by Gasteiger charge is 2.46. The Bertz CT molecular complexity index is 2150. The fourth-order valence-electron chi connectivity index (χ4n) is 10.2. The fraction of sp³-hybridized carbons (Fsp3) is 0.524. The number of phenolic OH excluding ortho intramolecular Hbond substituents is 1. The number of fused-ring (bicyclic) bond motifs is 4. The van der Waals surface area contributed by atoms with E-state index in [2.05, 4.69) is 67.3 Å². The maximum Gasteiger partial charge on any atom is 0.320 e. The smallest absolute Gasteiger partial charge is 0.320 e. The van der Waals surface area contributed by atoms with Gasteiger partial charge >= 0.3 is 6.03 Å². The van der Waals surface area contributed by atoms with E-state index in [9.17, 15) is 24.3 Å². The Morgan fingerprint density at radius 2 is 1.74 bits per heavy atom. The van der Waals surface area contributed by atoms with Crippen LogP contribution in [0.2, 0.25) is 5.02 Å². The van der Waals surface area contributed by atoms with Crippen LogP contribution in [0.1, 0.15) is 62.4 Å². The number of rotatable bonds is 5. The molecule has 0 spiro atoms. The van der Waals surface area contributed by atoms with Gasteiger partial charge in [0.15, 0.2) is 5.82 Å². The van der Waals surface area contributed by atoms with Gasteiger partial charge in [-0.1, -0.05) is 23.7 Å². The molecule has 4 atom stereocenters. The molecular formula is C42H51ClN10O5. The lowest BCUT2D eigenvalue weighted by molar-refractivity contribution is -0.136. The van der Waals surface area contributed by atoms with Crippen LogP contribution in [0, 0.1) is 5.92 Å². The van der Waals surface area contributed by atoms with E-state index in [1.54, 1.807) is 23.1 Å². The van der Waals surface area contributed by atoms with Crippen LogP contribution in [0.25, 0.3) is 11.3 Å². The molecule has 0 bridgehead atoms. The van der Waals surface area contributed by atoms with Gasteiger partial charge in [-0.05, 0) is 81.8 Å². The predicted molar refractivity (Wildman–Crippen MR) is 220 cm³/mol. The number of aromatic hydroxyl groups is 1. The second-order valence-electron chi connectivity index (χ2n) is 17.3. The number of anilines is 3. The number of halogens is 1. The van der Waals surface area contributed by atoms with Crippen LogP contribution in [0.5, 0.6) is 5.75 Å². The molecule has 7 heterocycles. The number of aromatic nitrogens is 2. The van der Waals surface area contributed by atoms with Gasteiger partial charge in [-0.25, -0.2) is 4.79 Å². The van der Waals surface area contributed by atoms with Gasteiger partial charge in [0.1, 0.15) is 11.8 Å². The molecule has 6 aliphatic heterocycles. The molecule has 4 saturated heterocycles. The van der Waals surface area contributed by atoms with Crippen LogP contribution < -0.4 is 20.4 Å². The van der Waals surface area contributed by atoms with Gasteiger partial charge in [0.2, 0.25) is 11.8 Å². The van der Waals surface area contributed by atoms with E-state index in [4.69, 9.17) is 11.6 Å². The molecule has 16 heteroatoms. The third kappa shape index (κ3) is 6.85. The van der Waals surface area contributed by atoms with Crippen LogP contribution in [0.15, 0.2) is 42.5 Å². The molecule has 0 radical (unpaired) electrons. The first-order valence-electron chi connectivity index (χ1n) is 20.6. The molecule has 0 saturated carbocycles. The highest BCUT2D eigenvalue weighted by atomic mass is 35.5. The van der Waals surface area contributed by atoms with E-state index in [0.29, 0.717) is 67.7 Å². The van der Waals surface area contributed by atoms with E-state index >= 15 is 0 Å². The first-order chi connectivity index (χ1) is 27.9. The average Bonchev–Trinajstić information content (AvgIpc) is 3.53. The van der Waals surface area contributed by atoms with Crippen molar-refractivity contribution in [3.8, 4) is 17.0 Å². The lowest BCUT2D eigenvalue weighted by atomic mass is 9.92. The Morgan fingerprint density at radius 3 is 2.50 bits per heavy atom. The van der Waals surface area contributed by atoms with Gasteiger partial charge in [-0.15, -0.1) is 10.2 Å². The molecule has 0 aliphatic carbocycles. The number of hydrogen-bond acceptors (Lipinski definition) is 11. The number of phenols is 1. The maximum atomic E-state index is 14.3. The summed E-state index contributed by atoms with van der Waals surface area (Å²) < 4.78 is 0. The zero-order valence-corrected chi connectivity index (χ0v) is 34.0. The highest BCUT2D eigenvalue weighted by molar-refractivity contribution is 6.32. The summed E-state index contributed by atoms with van der Waals surface area (Å²) >= 11 is 6.20. The number of amides is 5. The average molecular weight is 811 g/mol. The Labute approximate surface area is 343 Å². The molecule has 3 aromatic rings. The molecule has 2 aromatic carbocycles. The SMILES string of the molecule is C[C@@H]1CN(CC2CCN(c3ccc4c(c3)C(=O)N([C@H]3CCC(=O)NC3=O)C4)CC2)C[C@H](C)N1C(=O)N1CCN2c3cc(-c4cccc(Cl)c4O)nnc3NC[C@]2(C)C1. The van der Waals surface area contributed by atoms with Crippen molar-refractivity contribution in [2.75, 3.05) is 74.0 Å². The molecule has 4 fully saturated rings. The minimum atomic E-state index is -0.612. The van der Waals surface area contributed by atoms with Crippen molar-refractivity contribution in [1.82, 2.24) is 35.1 Å². The first-order valence-corrected chi connectivity index (χ1v) is 20.9. The summed E-state index contributed by atoms with van der Waals surface area (Å²) in [5.74, 6) is 0.388. The second kappa shape index (κ2) is 14.9. The van der Waals surface area contributed by atoms with Gasteiger partial charge in [0.25, 0.3) is 5.91 Å². The minimum absolute atomic E-state index is 0.0247. The summed E-state index contributed by atoms with van der Waals surface area (Å²) in [6, 6.07) is 12.8. The van der Waals surface area contributed by atoms with Crippen molar-refractivity contribution in [2.45, 2.75) is 76.7 Å². The number of hydrogen-bond donors (Lipinski definition) is 3. The number of benzene rings is 2. The normalized spacial score (nSPS) is 26.6. The summed E-state index contributed by atoms with van der Waals surface area (Å²) in [5, 5.41) is 25.5. The maximum absolute atomic E-state index is 14.3. The summed E-state index contributed by atoms with van der Waals surface area (Å²) in [6.45, 7) is 13.8. The summed E-state index contributed by atoms with van der Waals surface area (Å²) in [7, 11) is 0. The largest absolute Gasteiger partial charge is 0.506 e. The van der Waals surface area contributed by atoms with Gasteiger partial charge in [-0.3, -0.25) is 24.6 Å². The van der Waals surface area contributed by atoms with Crippen LogP contribution in [-0.2, 0) is 16.1 Å². The van der Waals surface area contributed by atoms with Crippen LogP contribution in [0.4, 0.5) is 22.0 Å². The fourth-order valence-corrected chi connectivity index (χ4v) is 10.4. The molecule has 1 aromatic heterocycles. The summed E-state index contributed by atoms with van der Waals surface area (Å²) in [4.78, 5) is 64.8. The van der Waals surface area contributed by atoms with Crippen molar-refractivity contribution in [1.29, 1.82) is 0 Å². The van der Waals surface area contributed by atoms with Gasteiger partial charge in [0.05, 0.1) is 21.9 Å². The van der Waals surface area contributed by atoms with Crippen LogP contribution >= 0.6 is 11.6 Å². The Hall–Kier alpha value is -5.15. The van der Waals surface area contributed by atoms with Crippen LogP contribution in [-0.4, -0.2) is 141 Å². The number of nitrogens with one attached hydrogen (secondary N) is 2. The van der Waals surface area contributed by atoms with Crippen LogP contribution in [0.3, 0.4) is 0 Å². The van der Waals surface area contributed by atoms with Gasteiger partial charge < -0.3 is 34.9 Å². The molecule has 5 amide bonds. The monoisotopic (exact) mass is 810 g/mol. The third-order valence-corrected chi connectivity index (χ3v) is 13.5. The molecule has 0 unspecified atom stereocenters. The summed E-state index contributed by atoms with van der Waals surface area (Å²) in [6.07, 6.45) is 2.69. The first kappa shape index (κ1) is 38.4. The predicted octanol–water partition coefficient (Wildman–Crippen LogP) is 4.00. The Morgan fingerprint density at radius 1 is 0.966 bits per heavy atom. The van der Waals surface area contributed by atoms with E-state index in [1.165, 1.54) is 0 Å². The van der Waals surface area contributed by atoms with Crippen molar-refractivity contribution in [3.05, 3.63) is 58.6 Å². The van der Waals surface area contributed by atoms with Crippen molar-refractivity contribution < 1.29 is 24.3 Å². The number of nitrogens with zero attached hydrogens (tertiary/aromatic N) is 8. The van der Waals surface area contributed by atoms with Gasteiger partial charge in [-0.2, -0.15) is 0 Å². The van der Waals surface area contributed by atoms with E-state index in [0.717, 1.165) is 62.5 Å². The minimum Gasteiger partial charge on any atom is -0.506 e. The molecule has 58 heavy (non-hydrogen) atoms. The quantitative estimate of drug-likeness (QED) is 0.320. The third-order valence-electron chi connectivity index (χ3n) is 13.2. The molecule has 15 nitrogen and oxygen atoms in total. The zero-order chi connectivity index (χ0) is 40.5. The van der Waals surface area contributed by atoms with Crippen molar-refractivity contribution in [3.63, 3.8) is 0 Å². The molecule has 3 N–H and O–H groups in total. The summed E-state index contributed by atoms with van der Waals surface area (Å²) in [5.41, 5.74) is 4.18. The Balaban J connectivity index is 0.783. The number of urea groups is 1. The number of carbonyl (C=O) groups excluding carboxylic acids is 4. The van der Waals surface area contributed by atoms with E-state index < -0.39 is 6.04 Å². The van der Waals surface area contributed by atoms with Gasteiger partial charge in [0, 0.05) is 101 Å². The lowest BCUT2D eigenvalue weighted by Crippen LogP contribution is -2.69. The topological polar surface area (TPSA) is 158 Å². The molecule has 6 aliphatic rings. The molecular weight excluding hydrogens is 760 g/mol. The standard InChI is InChI=1S/C42H51ClN10O5/c1-25-19-48(21-27-11-13-49(14-12-27)29-8-7-28-22-51(40(57)31(28)17-29)34-9-10-36(54)45-39(34)56)20-26(2)53(25)41(58)50-15-16-52-35-18-33(30-5-4-6-32(43)37(30)55)46-47-38(35)44-23-42(52,3)24-50/h4-8,17-18,25-27,34,55H,9-16,19-24H2,1-3H3,(H,44,47)(H,45,54,56)/t25-,26+,34-,42+/m0/s1. The van der Waals surface area contributed by atoms with Crippen molar-refractivity contribution in [2.24, 2.45) is 5.92 Å². The zero-order valence-electron chi connectivity index (χ0n) is 33.3. The number of piperidine rings is 2. The Kier molecular flexibility index (Phi) is 9.86. The number of carbonyl (C=O) groups is 4. The molecule has 306 valence electrons. The molecule has 9 rings (SSSR count). The van der Waals surface area contributed by atoms with Crippen molar-refractivity contribution >= 4 is 52.5 Å². The number of imide groups is 1. The lowest BCUT2D eigenvalue weighted by Gasteiger charge is -2.54. The number of piperazine rings is 2. The second-order valence-corrected chi connectivity index (χ2v) is 17.7. The van der Waals surface area contributed by atoms with E-state index in [1.807, 2.05) is 23.1 Å². The number of para-hydroxylation sites is 1. The highest BCUT2D eigenvalue weighted by Crippen LogP contribution is 2.41.